The summed E-state index contributed by atoms with van der Waals surface area (Å²) < 4.78 is 32.6. The Balaban J connectivity index is 1.48. The highest BCUT2D eigenvalue weighted by atomic mass is 19.1. The fourth-order valence-electron chi connectivity index (χ4n) is 3.06. The van der Waals surface area contributed by atoms with E-state index in [9.17, 15) is 13.9 Å². The largest absolute Gasteiger partial charge is 0.389 e. The van der Waals surface area contributed by atoms with Crippen LogP contribution in [0.3, 0.4) is 0 Å². The number of hydrogen-bond acceptors (Lipinski definition) is 3. The topological polar surface area (TPSA) is 32.7 Å². The zero-order valence-electron chi connectivity index (χ0n) is 13.4. The first-order valence-corrected chi connectivity index (χ1v) is 8.10. The summed E-state index contributed by atoms with van der Waals surface area (Å²) in [6.07, 6.45) is -0.104. The number of rotatable bonds is 6. The molecule has 0 saturated carbocycles. The third-order valence-corrected chi connectivity index (χ3v) is 4.22. The van der Waals surface area contributed by atoms with E-state index in [2.05, 4.69) is 0 Å². The number of benzene rings is 2. The van der Waals surface area contributed by atoms with Gasteiger partial charge in [0.05, 0.1) is 19.3 Å². The summed E-state index contributed by atoms with van der Waals surface area (Å²) in [4.78, 5) is 2.00. The number of fused-ring (bicyclic) bond motifs is 1. The summed E-state index contributed by atoms with van der Waals surface area (Å²) in [5.41, 5.74) is 2.31. The molecule has 0 radical (unpaired) electrons. The van der Waals surface area contributed by atoms with E-state index in [4.69, 9.17) is 4.74 Å². The highest BCUT2D eigenvalue weighted by Gasteiger charge is 2.22. The van der Waals surface area contributed by atoms with Crippen molar-refractivity contribution in [1.29, 1.82) is 0 Å². The number of ether oxygens (including phenoxy) is 1. The van der Waals surface area contributed by atoms with Gasteiger partial charge in [-0.1, -0.05) is 30.3 Å². The number of hydrogen-bond donors (Lipinski definition) is 1. The molecule has 0 fully saturated rings. The second-order valence-electron chi connectivity index (χ2n) is 6.16. The Kier molecular flexibility index (Phi) is 5.56. The van der Waals surface area contributed by atoms with Gasteiger partial charge < -0.3 is 9.84 Å². The van der Waals surface area contributed by atoms with Crippen LogP contribution in [-0.2, 0) is 24.3 Å². The van der Waals surface area contributed by atoms with Gasteiger partial charge in [0.2, 0.25) is 0 Å². The summed E-state index contributed by atoms with van der Waals surface area (Å²) in [6.45, 7) is 2.20. The molecule has 1 aliphatic heterocycles. The maximum atomic E-state index is 13.7. The standard InChI is InChI=1S/C19H21F2NO2/c20-16-8-15-10-22(7-6-18(15)19(21)9-16)11-17(23)13-24-12-14-4-2-1-3-5-14/h1-5,8-9,17,23H,6-7,10-13H2. The van der Waals surface area contributed by atoms with Gasteiger partial charge in [0, 0.05) is 25.7 Å². The predicted octanol–water partition coefficient (Wildman–Crippen LogP) is 2.90. The van der Waals surface area contributed by atoms with Gasteiger partial charge in [-0.05, 0) is 29.2 Å². The SMILES string of the molecule is OC(COCc1ccccc1)CN1CCc2c(F)cc(F)cc2C1. The molecule has 0 bridgehead atoms. The summed E-state index contributed by atoms with van der Waals surface area (Å²) in [5.74, 6) is -1.03. The van der Waals surface area contributed by atoms with Crippen LogP contribution < -0.4 is 0 Å². The van der Waals surface area contributed by atoms with Crippen molar-refractivity contribution >= 4 is 0 Å². The zero-order valence-corrected chi connectivity index (χ0v) is 13.4. The van der Waals surface area contributed by atoms with Crippen LogP contribution in [0.25, 0.3) is 0 Å². The summed E-state index contributed by atoms with van der Waals surface area (Å²) >= 11 is 0. The van der Waals surface area contributed by atoms with Gasteiger partial charge in [-0.15, -0.1) is 0 Å². The van der Waals surface area contributed by atoms with Crippen LogP contribution in [0.5, 0.6) is 0 Å². The molecular weight excluding hydrogens is 312 g/mol. The van der Waals surface area contributed by atoms with Crippen molar-refractivity contribution in [2.45, 2.75) is 25.7 Å². The molecule has 1 N–H and O–H groups in total. The van der Waals surface area contributed by atoms with E-state index in [0.717, 1.165) is 11.6 Å². The molecule has 5 heteroatoms. The van der Waals surface area contributed by atoms with Crippen LogP contribution in [0.4, 0.5) is 8.78 Å². The van der Waals surface area contributed by atoms with Crippen LogP contribution in [0.2, 0.25) is 0 Å². The van der Waals surface area contributed by atoms with Crippen LogP contribution in [0.1, 0.15) is 16.7 Å². The lowest BCUT2D eigenvalue weighted by Crippen LogP contribution is -2.38. The first-order valence-electron chi connectivity index (χ1n) is 8.10. The summed E-state index contributed by atoms with van der Waals surface area (Å²) in [5, 5.41) is 10.1. The molecule has 2 aromatic carbocycles. The van der Waals surface area contributed by atoms with E-state index in [1.54, 1.807) is 0 Å². The average molecular weight is 333 g/mol. The van der Waals surface area contributed by atoms with Gasteiger partial charge in [0.25, 0.3) is 0 Å². The second kappa shape index (κ2) is 7.83. The molecule has 3 rings (SSSR count). The molecule has 1 aliphatic rings. The highest BCUT2D eigenvalue weighted by molar-refractivity contribution is 5.31. The van der Waals surface area contributed by atoms with E-state index in [1.807, 2.05) is 35.2 Å². The Bertz CT molecular complexity index is 679. The Labute approximate surface area is 140 Å². The second-order valence-corrected chi connectivity index (χ2v) is 6.16. The summed E-state index contributed by atoms with van der Waals surface area (Å²) in [7, 11) is 0. The lowest BCUT2D eigenvalue weighted by molar-refractivity contribution is 0.00764. The van der Waals surface area contributed by atoms with E-state index in [-0.39, 0.29) is 6.61 Å². The van der Waals surface area contributed by atoms with Crippen molar-refractivity contribution in [2.24, 2.45) is 0 Å². The molecule has 0 amide bonds. The quantitative estimate of drug-likeness (QED) is 0.882. The first-order chi connectivity index (χ1) is 11.6. The summed E-state index contributed by atoms with van der Waals surface area (Å²) in [6, 6.07) is 12.1. The Morgan fingerprint density at radius 1 is 1.17 bits per heavy atom. The molecule has 0 aliphatic carbocycles. The maximum Gasteiger partial charge on any atom is 0.129 e. The molecule has 0 saturated heterocycles. The third-order valence-electron chi connectivity index (χ3n) is 4.22. The van der Waals surface area contributed by atoms with Crippen molar-refractivity contribution in [3.63, 3.8) is 0 Å². The van der Waals surface area contributed by atoms with Gasteiger partial charge in [-0.3, -0.25) is 4.90 Å². The molecule has 128 valence electrons. The van der Waals surface area contributed by atoms with Gasteiger partial charge >= 0.3 is 0 Å². The number of aliphatic hydroxyl groups excluding tert-OH is 1. The van der Waals surface area contributed by atoms with Crippen LogP contribution in [-0.4, -0.2) is 35.8 Å². The molecular formula is C19H21F2NO2. The average Bonchev–Trinajstić information content (AvgIpc) is 2.55. The van der Waals surface area contributed by atoms with Gasteiger partial charge in [0.15, 0.2) is 0 Å². The third kappa shape index (κ3) is 4.38. The van der Waals surface area contributed by atoms with Crippen molar-refractivity contribution < 1.29 is 18.6 Å². The van der Waals surface area contributed by atoms with Crippen LogP contribution in [0, 0.1) is 11.6 Å². The Morgan fingerprint density at radius 2 is 1.96 bits per heavy atom. The van der Waals surface area contributed by atoms with Crippen molar-refractivity contribution in [3.05, 3.63) is 70.8 Å². The van der Waals surface area contributed by atoms with Gasteiger partial charge in [-0.25, -0.2) is 8.78 Å². The number of nitrogens with zero attached hydrogens (tertiary/aromatic N) is 1. The van der Waals surface area contributed by atoms with Crippen LogP contribution >= 0.6 is 0 Å². The molecule has 0 spiro atoms. The van der Waals surface area contributed by atoms with E-state index < -0.39 is 17.7 Å². The van der Waals surface area contributed by atoms with E-state index in [1.165, 1.54) is 6.07 Å². The minimum Gasteiger partial charge on any atom is -0.389 e. The van der Waals surface area contributed by atoms with Crippen molar-refractivity contribution in [2.75, 3.05) is 19.7 Å². The zero-order chi connectivity index (χ0) is 16.9. The number of aliphatic hydroxyl groups is 1. The van der Waals surface area contributed by atoms with Crippen molar-refractivity contribution in [3.8, 4) is 0 Å². The molecule has 0 aromatic heterocycles. The predicted molar refractivity (Wildman–Crippen MR) is 87.4 cm³/mol. The molecule has 1 heterocycles. The minimum absolute atomic E-state index is 0.232. The number of β-amino-alcohol motifs (C(OH)–C–C–N with tert-alkyl or cyclic N) is 1. The number of halogens is 2. The monoisotopic (exact) mass is 333 g/mol. The smallest absolute Gasteiger partial charge is 0.129 e. The highest BCUT2D eigenvalue weighted by Crippen LogP contribution is 2.23. The van der Waals surface area contributed by atoms with Crippen LogP contribution in [0.15, 0.2) is 42.5 Å². The van der Waals surface area contributed by atoms with E-state index in [0.29, 0.717) is 43.8 Å². The van der Waals surface area contributed by atoms with E-state index >= 15 is 0 Å². The molecule has 1 unspecified atom stereocenters. The first kappa shape index (κ1) is 17.0. The Morgan fingerprint density at radius 3 is 2.75 bits per heavy atom. The normalized spacial score (nSPS) is 16.0. The molecule has 24 heavy (non-hydrogen) atoms. The molecule has 1 atom stereocenters. The minimum atomic E-state index is -0.631. The van der Waals surface area contributed by atoms with Crippen molar-refractivity contribution in [1.82, 2.24) is 4.90 Å². The van der Waals surface area contributed by atoms with Gasteiger partial charge in [0.1, 0.15) is 11.6 Å². The lowest BCUT2D eigenvalue weighted by Gasteiger charge is -2.30. The molecule has 2 aromatic rings. The van der Waals surface area contributed by atoms with Gasteiger partial charge in [-0.2, -0.15) is 0 Å². The fourth-order valence-corrected chi connectivity index (χ4v) is 3.06. The molecule has 3 nitrogen and oxygen atoms in total. The Hall–Kier alpha value is -1.82. The lowest BCUT2D eigenvalue weighted by atomic mass is 9.98. The fraction of sp³-hybridized carbons (Fsp3) is 0.368. The maximum absolute atomic E-state index is 13.7.